The molecule has 1 heterocycles. The van der Waals surface area contributed by atoms with Gasteiger partial charge in [-0.25, -0.2) is 4.39 Å². The zero-order valence-corrected chi connectivity index (χ0v) is 8.89. The lowest BCUT2D eigenvalue weighted by molar-refractivity contribution is -0.138. The first-order valence-electron chi connectivity index (χ1n) is 5.09. The molecule has 1 aromatic carbocycles. The van der Waals surface area contributed by atoms with Crippen molar-refractivity contribution in [3.05, 3.63) is 29.1 Å². The molecule has 0 saturated heterocycles. The largest absolute Gasteiger partial charge is 0.494 e. The monoisotopic (exact) mass is 239 g/mol. The van der Waals surface area contributed by atoms with E-state index in [0.29, 0.717) is 11.1 Å². The van der Waals surface area contributed by atoms with Gasteiger partial charge in [-0.05, 0) is 23.6 Å². The van der Waals surface area contributed by atoms with Gasteiger partial charge in [0.05, 0.1) is 6.61 Å². The quantitative estimate of drug-likeness (QED) is 0.588. The predicted octanol–water partition coefficient (Wildman–Crippen LogP) is -1.00. The molecule has 0 unspecified atom stereocenters. The van der Waals surface area contributed by atoms with Crippen molar-refractivity contribution in [2.75, 3.05) is 0 Å². The second kappa shape index (κ2) is 4.44. The molecule has 1 atom stereocenters. The van der Waals surface area contributed by atoms with Crippen LogP contribution in [0.1, 0.15) is 11.1 Å². The van der Waals surface area contributed by atoms with Crippen LogP contribution in [0.4, 0.5) is 4.39 Å². The zero-order valence-electron chi connectivity index (χ0n) is 8.89. The summed E-state index contributed by atoms with van der Waals surface area (Å²) >= 11 is 0. The van der Waals surface area contributed by atoms with Crippen LogP contribution in [0, 0.1) is 5.82 Å². The molecule has 7 heteroatoms. The number of carbonyl (C=O) groups is 1. The molecule has 0 saturated carbocycles. The normalized spacial score (nSPS) is 15.8. The van der Waals surface area contributed by atoms with Gasteiger partial charge in [0, 0.05) is 5.46 Å². The lowest BCUT2D eigenvalue weighted by Gasteiger charge is -2.11. The van der Waals surface area contributed by atoms with Gasteiger partial charge in [0.1, 0.15) is 11.9 Å². The number of rotatable bonds is 3. The van der Waals surface area contributed by atoms with Crippen molar-refractivity contribution in [3.63, 3.8) is 0 Å². The van der Waals surface area contributed by atoms with E-state index in [1.54, 1.807) is 0 Å². The smallest absolute Gasteiger partial charge is 0.480 e. The van der Waals surface area contributed by atoms with E-state index in [4.69, 9.17) is 15.5 Å². The van der Waals surface area contributed by atoms with E-state index in [1.165, 1.54) is 12.1 Å². The highest BCUT2D eigenvalue weighted by molar-refractivity contribution is 6.61. The molecule has 1 aliphatic heterocycles. The molecule has 0 aromatic heterocycles. The van der Waals surface area contributed by atoms with Gasteiger partial charge >= 0.3 is 13.1 Å². The van der Waals surface area contributed by atoms with Crippen molar-refractivity contribution in [3.8, 4) is 0 Å². The fraction of sp³-hybridized carbons (Fsp3) is 0.300. The Morgan fingerprint density at radius 3 is 3.00 bits per heavy atom. The number of fused-ring (bicyclic) bond motifs is 1. The molecule has 1 aliphatic rings. The Morgan fingerprint density at radius 1 is 1.65 bits per heavy atom. The second-order valence-electron chi connectivity index (χ2n) is 3.91. The standard InChI is InChI=1S/C10H11BFNO4/c12-7-2-1-5(3-8(13)10(14)15)6-4-17-11(16)9(6)7/h1-2,8,16H,3-4,13H2,(H,14,15)/t8-/m0/s1. The molecule has 1 aromatic rings. The van der Waals surface area contributed by atoms with Crippen molar-refractivity contribution >= 4 is 18.6 Å². The van der Waals surface area contributed by atoms with Crippen LogP contribution in [-0.2, 0) is 22.5 Å². The van der Waals surface area contributed by atoms with Crippen LogP contribution in [0.2, 0.25) is 0 Å². The minimum absolute atomic E-state index is 0.0654. The van der Waals surface area contributed by atoms with Crippen molar-refractivity contribution in [2.45, 2.75) is 19.1 Å². The van der Waals surface area contributed by atoms with Crippen LogP contribution in [0.3, 0.4) is 0 Å². The molecule has 90 valence electrons. The van der Waals surface area contributed by atoms with Gasteiger partial charge in [0.25, 0.3) is 0 Å². The Bertz CT molecular complexity index is 468. The molecular weight excluding hydrogens is 228 g/mol. The number of hydrogen-bond donors (Lipinski definition) is 3. The van der Waals surface area contributed by atoms with E-state index in [9.17, 15) is 14.2 Å². The summed E-state index contributed by atoms with van der Waals surface area (Å²) in [5.74, 6) is -1.68. The van der Waals surface area contributed by atoms with Crippen LogP contribution in [0.25, 0.3) is 0 Å². The van der Waals surface area contributed by atoms with Crippen LogP contribution < -0.4 is 11.2 Å². The molecule has 17 heavy (non-hydrogen) atoms. The summed E-state index contributed by atoms with van der Waals surface area (Å²) in [7, 11) is -1.29. The molecule has 0 fully saturated rings. The fourth-order valence-electron chi connectivity index (χ4n) is 1.88. The number of carboxylic acids is 1. The summed E-state index contributed by atoms with van der Waals surface area (Å²) in [6.45, 7) is 0.0654. The minimum atomic E-state index is -1.29. The second-order valence-corrected chi connectivity index (χ2v) is 3.91. The summed E-state index contributed by atoms with van der Waals surface area (Å²) in [4.78, 5) is 10.7. The first-order valence-corrected chi connectivity index (χ1v) is 5.09. The maximum atomic E-state index is 13.4. The third-order valence-corrected chi connectivity index (χ3v) is 2.79. The van der Waals surface area contributed by atoms with E-state index < -0.39 is 24.9 Å². The Balaban J connectivity index is 2.34. The van der Waals surface area contributed by atoms with Crippen molar-refractivity contribution < 1.29 is 24.0 Å². The predicted molar refractivity (Wildman–Crippen MR) is 58.1 cm³/mol. The van der Waals surface area contributed by atoms with Crippen LogP contribution in [-0.4, -0.2) is 29.3 Å². The average Bonchev–Trinajstić information content (AvgIpc) is 2.65. The highest BCUT2D eigenvalue weighted by Crippen LogP contribution is 2.18. The maximum absolute atomic E-state index is 13.4. The number of carboxylic acid groups (broad SMARTS) is 1. The summed E-state index contributed by atoms with van der Waals surface area (Å²) < 4.78 is 18.3. The first-order chi connectivity index (χ1) is 8.00. The number of nitrogens with two attached hydrogens (primary N) is 1. The Labute approximate surface area is 97.1 Å². The molecule has 0 radical (unpaired) electrons. The minimum Gasteiger partial charge on any atom is -0.480 e. The first kappa shape index (κ1) is 12.0. The van der Waals surface area contributed by atoms with Gasteiger partial charge in [-0.3, -0.25) is 4.79 Å². The van der Waals surface area contributed by atoms with E-state index in [1.807, 2.05) is 0 Å². The molecule has 0 spiro atoms. The van der Waals surface area contributed by atoms with E-state index >= 15 is 0 Å². The third kappa shape index (κ3) is 2.17. The van der Waals surface area contributed by atoms with Crippen LogP contribution in [0.5, 0.6) is 0 Å². The van der Waals surface area contributed by atoms with Crippen molar-refractivity contribution in [2.24, 2.45) is 5.73 Å². The molecule has 0 amide bonds. The topological polar surface area (TPSA) is 92.8 Å². The lowest BCUT2D eigenvalue weighted by atomic mass is 9.77. The number of hydrogen-bond acceptors (Lipinski definition) is 4. The van der Waals surface area contributed by atoms with Gasteiger partial charge in [-0.1, -0.05) is 6.07 Å². The van der Waals surface area contributed by atoms with Gasteiger partial charge < -0.3 is 20.5 Å². The number of benzene rings is 1. The molecular formula is C10H11BFNO4. The number of halogens is 1. The highest BCUT2D eigenvalue weighted by atomic mass is 19.1. The van der Waals surface area contributed by atoms with Crippen molar-refractivity contribution in [1.29, 1.82) is 0 Å². The summed E-state index contributed by atoms with van der Waals surface area (Å²) in [6, 6.07) is 1.60. The highest BCUT2D eigenvalue weighted by Gasteiger charge is 2.33. The van der Waals surface area contributed by atoms with Crippen LogP contribution in [0.15, 0.2) is 12.1 Å². The van der Waals surface area contributed by atoms with E-state index in [2.05, 4.69) is 0 Å². The van der Waals surface area contributed by atoms with Gasteiger partial charge in [-0.2, -0.15) is 0 Å². The SMILES string of the molecule is N[C@@H](Cc1ccc(F)c2c1COB2O)C(=O)O. The van der Waals surface area contributed by atoms with Gasteiger partial charge in [0.15, 0.2) is 0 Å². The fourth-order valence-corrected chi connectivity index (χ4v) is 1.88. The lowest BCUT2D eigenvalue weighted by Crippen LogP contribution is -2.35. The van der Waals surface area contributed by atoms with Crippen molar-refractivity contribution in [1.82, 2.24) is 0 Å². The summed E-state index contributed by atoms with van der Waals surface area (Å²) in [5.41, 5.74) is 6.59. The molecule has 0 bridgehead atoms. The van der Waals surface area contributed by atoms with Gasteiger partial charge in [-0.15, -0.1) is 0 Å². The molecule has 5 nitrogen and oxygen atoms in total. The molecule has 4 N–H and O–H groups in total. The number of aliphatic carboxylic acids is 1. The Kier molecular flexibility index (Phi) is 3.14. The molecule has 2 rings (SSSR count). The van der Waals surface area contributed by atoms with Gasteiger partial charge in [0.2, 0.25) is 0 Å². The summed E-state index contributed by atoms with van der Waals surface area (Å²) in [6.07, 6.45) is 0.0774. The average molecular weight is 239 g/mol. The Hall–Kier alpha value is -1.44. The Morgan fingerprint density at radius 2 is 2.35 bits per heavy atom. The summed E-state index contributed by atoms with van der Waals surface area (Å²) in [5, 5.41) is 18.1. The van der Waals surface area contributed by atoms with Crippen LogP contribution >= 0.6 is 0 Å². The maximum Gasteiger partial charge on any atom is 0.494 e. The van der Waals surface area contributed by atoms with E-state index in [-0.39, 0.29) is 18.5 Å². The zero-order chi connectivity index (χ0) is 12.6. The molecule has 0 aliphatic carbocycles. The van der Waals surface area contributed by atoms with E-state index in [0.717, 1.165) is 0 Å². The third-order valence-electron chi connectivity index (χ3n) is 2.79.